The fourth-order valence-corrected chi connectivity index (χ4v) is 1.81. The van der Waals surface area contributed by atoms with E-state index in [0.29, 0.717) is 11.5 Å². The Morgan fingerprint density at radius 2 is 1.57 bits per heavy atom. The van der Waals surface area contributed by atoms with Crippen molar-refractivity contribution in [2.75, 3.05) is 0 Å². The summed E-state index contributed by atoms with van der Waals surface area (Å²) in [7, 11) is 0. The van der Waals surface area contributed by atoms with E-state index < -0.39 is 11.9 Å². The minimum absolute atomic E-state index is 0.139. The second-order valence-corrected chi connectivity index (χ2v) is 5.54. The SMILES string of the molecule is CC(C)(C)c1nnnn1-c1cc(C(=O)O)cc(C(=O)O)c1. The molecule has 2 rings (SSSR count). The predicted octanol–water partition coefficient (Wildman–Crippen LogP) is 1.36. The molecule has 0 bridgehead atoms. The van der Waals surface area contributed by atoms with Crippen LogP contribution in [0.15, 0.2) is 18.2 Å². The van der Waals surface area contributed by atoms with Crippen molar-refractivity contribution in [3.05, 3.63) is 35.2 Å². The Hall–Kier alpha value is -2.77. The van der Waals surface area contributed by atoms with Gasteiger partial charge in [-0.3, -0.25) is 0 Å². The average molecular weight is 290 g/mol. The summed E-state index contributed by atoms with van der Waals surface area (Å²) in [5.41, 5.74) is -0.366. The van der Waals surface area contributed by atoms with Crippen LogP contribution < -0.4 is 0 Å². The van der Waals surface area contributed by atoms with Gasteiger partial charge in [0.25, 0.3) is 0 Å². The molecule has 0 aliphatic rings. The van der Waals surface area contributed by atoms with Crippen molar-refractivity contribution >= 4 is 11.9 Å². The zero-order valence-electron chi connectivity index (χ0n) is 11.7. The van der Waals surface area contributed by atoms with E-state index in [-0.39, 0.29) is 16.5 Å². The van der Waals surface area contributed by atoms with Crippen LogP contribution >= 0.6 is 0 Å². The molecule has 0 aliphatic heterocycles. The maximum absolute atomic E-state index is 11.1. The number of hydrogen-bond donors (Lipinski definition) is 2. The van der Waals surface area contributed by atoms with Gasteiger partial charge in [-0.1, -0.05) is 20.8 Å². The van der Waals surface area contributed by atoms with E-state index >= 15 is 0 Å². The maximum Gasteiger partial charge on any atom is 0.335 e. The summed E-state index contributed by atoms with van der Waals surface area (Å²) in [6.45, 7) is 5.69. The van der Waals surface area contributed by atoms with Crippen LogP contribution in [0.3, 0.4) is 0 Å². The molecule has 0 saturated carbocycles. The molecule has 8 heteroatoms. The van der Waals surface area contributed by atoms with E-state index in [1.807, 2.05) is 20.8 Å². The zero-order chi connectivity index (χ0) is 15.8. The van der Waals surface area contributed by atoms with Crippen molar-refractivity contribution in [2.45, 2.75) is 26.2 Å². The van der Waals surface area contributed by atoms with Crippen LogP contribution in [0.25, 0.3) is 5.69 Å². The molecule has 21 heavy (non-hydrogen) atoms. The Kier molecular flexibility index (Phi) is 3.46. The lowest BCUT2D eigenvalue weighted by Crippen LogP contribution is -2.19. The number of aromatic nitrogens is 4. The quantitative estimate of drug-likeness (QED) is 0.875. The summed E-state index contributed by atoms with van der Waals surface area (Å²) >= 11 is 0. The second-order valence-electron chi connectivity index (χ2n) is 5.54. The van der Waals surface area contributed by atoms with Gasteiger partial charge in [0.05, 0.1) is 16.8 Å². The molecule has 0 atom stereocenters. The van der Waals surface area contributed by atoms with Gasteiger partial charge in [0, 0.05) is 5.41 Å². The van der Waals surface area contributed by atoms with Crippen molar-refractivity contribution in [2.24, 2.45) is 0 Å². The molecule has 2 aromatic rings. The van der Waals surface area contributed by atoms with Gasteiger partial charge in [-0.15, -0.1) is 5.10 Å². The summed E-state index contributed by atoms with van der Waals surface area (Å²) in [6, 6.07) is 3.76. The molecule has 0 fully saturated rings. The first-order valence-corrected chi connectivity index (χ1v) is 6.11. The van der Waals surface area contributed by atoms with Gasteiger partial charge < -0.3 is 10.2 Å². The number of carboxylic acid groups (broad SMARTS) is 2. The number of tetrazole rings is 1. The van der Waals surface area contributed by atoms with Crippen molar-refractivity contribution < 1.29 is 19.8 Å². The number of carbonyl (C=O) groups is 2. The third-order valence-corrected chi connectivity index (χ3v) is 2.80. The van der Waals surface area contributed by atoms with E-state index in [1.54, 1.807) is 0 Å². The summed E-state index contributed by atoms with van der Waals surface area (Å²) in [6.07, 6.45) is 0. The van der Waals surface area contributed by atoms with E-state index in [9.17, 15) is 9.59 Å². The standard InChI is InChI=1S/C13H14N4O4/c1-13(2,3)12-14-15-16-17(12)9-5-7(10(18)19)4-8(6-9)11(20)21/h4-6H,1-3H3,(H,18,19)(H,20,21). The smallest absolute Gasteiger partial charge is 0.335 e. The molecular weight excluding hydrogens is 276 g/mol. The third-order valence-electron chi connectivity index (χ3n) is 2.80. The van der Waals surface area contributed by atoms with Crippen molar-refractivity contribution in [3.8, 4) is 5.69 Å². The minimum Gasteiger partial charge on any atom is -0.478 e. The first kappa shape index (κ1) is 14.6. The Labute approximate surface area is 120 Å². The highest BCUT2D eigenvalue weighted by atomic mass is 16.4. The minimum atomic E-state index is -1.22. The highest BCUT2D eigenvalue weighted by Crippen LogP contribution is 2.23. The first-order chi connectivity index (χ1) is 9.70. The highest BCUT2D eigenvalue weighted by molar-refractivity contribution is 5.94. The van der Waals surface area contributed by atoms with E-state index in [4.69, 9.17) is 10.2 Å². The maximum atomic E-state index is 11.1. The predicted molar refractivity (Wildman–Crippen MR) is 71.8 cm³/mol. The monoisotopic (exact) mass is 290 g/mol. The fraction of sp³-hybridized carbons (Fsp3) is 0.308. The normalized spacial score (nSPS) is 11.4. The van der Waals surface area contributed by atoms with Crippen molar-refractivity contribution in [1.82, 2.24) is 20.2 Å². The summed E-state index contributed by atoms with van der Waals surface area (Å²) < 4.78 is 1.35. The van der Waals surface area contributed by atoms with Gasteiger partial charge in [0.2, 0.25) is 0 Å². The summed E-state index contributed by atoms with van der Waals surface area (Å²) in [4.78, 5) is 22.3. The van der Waals surface area contributed by atoms with Crippen LogP contribution in [0.4, 0.5) is 0 Å². The number of carboxylic acids is 2. The van der Waals surface area contributed by atoms with Crippen LogP contribution in [0, 0.1) is 0 Å². The average Bonchev–Trinajstić information content (AvgIpc) is 2.87. The van der Waals surface area contributed by atoms with Gasteiger partial charge in [0.15, 0.2) is 5.82 Å². The Morgan fingerprint density at radius 3 is 2.00 bits per heavy atom. The van der Waals surface area contributed by atoms with Crippen LogP contribution in [-0.2, 0) is 5.41 Å². The largest absolute Gasteiger partial charge is 0.478 e. The third kappa shape index (κ3) is 2.88. The van der Waals surface area contributed by atoms with Crippen LogP contribution in [0.2, 0.25) is 0 Å². The number of nitrogens with zero attached hydrogens (tertiary/aromatic N) is 4. The Balaban J connectivity index is 2.67. The molecule has 1 aromatic carbocycles. The van der Waals surface area contributed by atoms with Crippen LogP contribution in [-0.4, -0.2) is 42.4 Å². The molecule has 0 saturated heterocycles. The summed E-state index contributed by atoms with van der Waals surface area (Å²) in [5.74, 6) is -1.93. The number of aromatic carboxylic acids is 2. The molecule has 2 N–H and O–H groups in total. The molecule has 0 unspecified atom stereocenters. The molecule has 0 amide bonds. The molecule has 8 nitrogen and oxygen atoms in total. The van der Waals surface area contributed by atoms with Gasteiger partial charge in [-0.25, -0.2) is 9.59 Å². The number of hydrogen-bond acceptors (Lipinski definition) is 5. The summed E-state index contributed by atoms with van der Waals surface area (Å²) in [5, 5.41) is 29.5. The molecule has 110 valence electrons. The van der Waals surface area contributed by atoms with Gasteiger partial charge in [-0.05, 0) is 28.6 Å². The fourth-order valence-electron chi connectivity index (χ4n) is 1.81. The highest BCUT2D eigenvalue weighted by Gasteiger charge is 2.24. The van der Waals surface area contributed by atoms with E-state index in [2.05, 4.69) is 15.5 Å². The van der Waals surface area contributed by atoms with Crippen LogP contribution in [0.5, 0.6) is 0 Å². The molecule has 0 aliphatic carbocycles. The van der Waals surface area contributed by atoms with Crippen molar-refractivity contribution in [1.29, 1.82) is 0 Å². The van der Waals surface area contributed by atoms with Gasteiger partial charge in [-0.2, -0.15) is 4.68 Å². The van der Waals surface area contributed by atoms with E-state index in [1.165, 1.54) is 16.8 Å². The lowest BCUT2D eigenvalue weighted by atomic mass is 9.95. The molecular formula is C13H14N4O4. The molecule has 1 heterocycles. The number of benzene rings is 1. The molecule has 0 spiro atoms. The zero-order valence-corrected chi connectivity index (χ0v) is 11.7. The molecule has 1 aromatic heterocycles. The van der Waals surface area contributed by atoms with Crippen LogP contribution in [0.1, 0.15) is 47.3 Å². The topological polar surface area (TPSA) is 118 Å². The van der Waals surface area contributed by atoms with Gasteiger partial charge in [0.1, 0.15) is 0 Å². The lowest BCUT2D eigenvalue weighted by Gasteiger charge is -2.17. The molecule has 0 radical (unpaired) electrons. The first-order valence-electron chi connectivity index (χ1n) is 6.11. The van der Waals surface area contributed by atoms with E-state index in [0.717, 1.165) is 6.07 Å². The Morgan fingerprint density at radius 1 is 1.05 bits per heavy atom. The van der Waals surface area contributed by atoms with Gasteiger partial charge >= 0.3 is 11.9 Å². The van der Waals surface area contributed by atoms with Crippen molar-refractivity contribution in [3.63, 3.8) is 0 Å². The Bertz CT molecular complexity index is 683. The lowest BCUT2D eigenvalue weighted by molar-refractivity contribution is 0.0696. The number of rotatable bonds is 3. The second kappa shape index (κ2) is 4.97.